The summed E-state index contributed by atoms with van der Waals surface area (Å²) in [7, 11) is 0. The van der Waals surface area contributed by atoms with Gasteiger partial charge in [0.15, 0.2) is 18.1 Å². The zero-order valence-electron chi connectivity index (χ0n) is 13.8. The minimum Gasteiger partial charge on any atom is -0.486 e. The lowest BCUT2D eigenvalue weighted by Gasteiger charge is -2.19. The number of hydrogen-bond donors (Lipinski definition) is 1. The van der Waals surface area contributed by atoms with Gasteiger partial charge in [0, 0.05) is 16.2 Å². The fraction of sp³-hybridized carbons (Fsp3) is 0.150. The molecule has 0 aromatic heterocycles. The molecule has 0 aliphatic carbocycles. The molecule has 1 N–H and O–H groups in total. The predicted molar refractivity (Wildman–Crippen MR) is 103 cm³/mol. The fourth-order valence-electron chi connectivity index (χ4n) is 2.75. The van der Waals surface area contributed by atoms with E-state index in [-0.39, 0.29) is 12.5 Å². The Labute approximate surface area is 159 Å². The minimum atomic E-state index is -0.238. The number of amides is 1. The topological polar surface area (TPSA) is 56.8 Å². The summed E-state index contributed by atoms with van der Waals surface area (Å²) >= 11 is 3.45. The van der Waals surface area contributed by atoms with E-state index in [4.69, 9.17) is 14.2 Å². The molecule has 0 spiro atoms. The van der Waals surface area contributed by atoms with Gasteiger partial charge in [-0.3, -0.25) is 4.79 Å². The van der Waals surface area contributed by atoms with Gasteiger partial charge in [0.05, 0.1) is 0 Å². The maximum Gasteiger partial charge on any atom is 0.262 e. The molecule has 0 saturated carbocycles. The second-order valence-electron chi connectivity index (χ2n) is 5.85. The van der Waals surface area contributed by atoms with Gasteiger partial charge in [0.2, 0.25) is 0 Å². The highest BCUT2D eigenvalue weighted by Gasteiger charge is 2.13. The van der Waals surface area contributed by atoms with Crippen LogP contribution in [0.1, 0.15) is 0 Å². The van der Waals surface area contributed by atoms with Crippen molar-refractivity contribution < 1.29 is 19.0 Å². The van der Waals surface area contributed by atoms with Crippen LogP contribution >= 0.6 is 15.9 Å². The first-order chi connectivity index (χ1) is 12.7. The van der Waals surface area contributed by atoms with E-state index < -0.39 is 0 Å². The largest absolute Gasteiger partial charge is 0.486 e. The van der Waals surface area contributed by atoms with E-state index >= 15 is 0 Å². The first kappa shape index (κ1) is 16.7. The van der Waals surface area contributed by atoms with E-state index in [1.54, 1.807) is 18.2 Å². The second-order valence-corrected chi connectivity index (χ2v) is 6.76. The van der Waals surface area contributed by atoms with Crippen LogP contribution in [-0.2, 0) is 4.79 Å². The van der Waals surface area contributed by atoms with E-state index in [1.165, 1.54) is 0 Å². The molecule has 0 fully saturated rings. The number of anilines is 1. The average Bonchev–Trinajstić information content (AvgIpc) is 2.66. The van der Waals surface area contributed by atoms with E-state index in [0.717, 1.165) is 15.2 Å². The van der Waals surface area contributed by atoms with Gasteiger partial charge in [-0.1, -0.05) is 28.1 Å². The van der Waals surface area contributed by atoms with Crippen molar-refractivity contribution in [2.24, 2.45) is 0 Å². The first-order valence-electron chi connectivity index (χ1n) is 8.19. The van der Waals surface area contributed by atoms with Gasteiger partial charge in [0.25, 0.3) is 5.91 Å². The van der Waals surface area contributed by atoms with Crippen LogP contribution in [0.25, 0.3) is 10.8 Å². The minimum absolute atomic E-state index is 0.0729. The molecule has 1 amide bonds. The highest BCUT2D eigenvalue weighted by molar-refractivity contribution is 9.10. The number of fused-ring (bicyclic) bond motifs is 2. The van der Waals surface area contributed by atoms with Gasteiger partial charge in [0.1, 0.15) is 19.0 Å². The Morgan fingerprint density at radius 2 is 1.73 bits per heavy atom. The molecule has 0 radical (unpaired) electrons. The molecule has 5 nitrogen and oxygen atoms in total. The van der Waals surface area contributed by atoms with Gasteiger partial charge < -0.3 is 19.5 Å². The normalized spacial score (nSPS) is 12.7. The van der Waals surface area contributed by atoms with Crippen molar-refractivity contribution in [3.8, 4) is 17.2 Å². The molecule has 132 valence electrons. The number of ether oxygens (including phenoxy) is 3. The molecule has 4 rings (SSSR count). The number of carbonyl (C=O) groups excluding carboxylic acids is 1. The monoisotopic (exact) mass is 413 g/mol. The maximum atomic E-state index is 12.1. The van der Waals surface area contributed by atoms with Crippen LogP contribution in [0.2, 0.25) is 0 Å². The van der Waals surface area contributed by atoms with Crippen molar-refractivity contribution in [1.29, 1.82) is 0 Å². The third-order valence-electron chi connectivity index (χ3n) is 3.97. The summed E-state index contributed by atoms with van der Waals surface area (Å²) in [5, 5.41) is 4.96. The van der Waals surface area contributed by atoms with Gasteiger partial charge in [-0.25, -0.2) is 0 Å². The SMILES string of the molecule is O=C(COc1ccc2cc(Br)ccc2c1)Nc1ccc2c(c1)OCCO2. The van der Waals surface area contributed by atoms with Gasteiger partial charge in [-0.05, 0) is 47.2 Å². The van der Waals surface area contributed by atoms with Crippen molar-refractivity contribution in [2.75, 3.05) is 25.1 Å². The Hall–Kier alpha value is -2.73. The molecule has 0 unspecified atom stereocenters. The Bertz CT molecular complexity index is 973. The zero-order chi connectivity index (χ0) is 17.9. The number of nitrogens with one attached hydrogen (secondary N) is 1. The molecule has 0 atom stereocenters. The highest BCUT2D eigenvalue weighted by atomic mass is 79.9. The summed E-state index contributed by atoms with van der Waals surface area (Å²) in [6.07, 6.45) is 0. The second kappa shape index (κ2) is 7.25. The van der Waals surface area contributed by atoms with E-state index in [9.17, 15) is 4.79 Å². The fourth-order valence-corrected chi connectivity index (χ4v) is 3.13. The summed E-state index contributed by atoms with van der Waals surface area (Å²) in [6, 6.07) is 17.1. The zero-order valence-corrected chi connectivity index (χ0v) is 15.4. The summed E-state index contributed by atoms with van der Waals surface area (Å²) < 4.78 is 17.6. The van der Waals surface area contributed by atoms with Crippen LogP contribution in [0, 0.1) is 0 Å². The van der Waals surface area contributed by atoms with Crippen LogP contribution in [0.5, 0.6) is 17.2 Å². The number of carbonyl (C=O) groups is 1. The van der Waals surface area contributed by atoms with Crippen molar-refractivity contribution in [3.05, 3.63) is 59.1 Å². The lowest BCUT2D eigenvalue weighted by molar-refractivity contribution is -0.118. The molecule has 26 heavy (non-hydrogen) atoms. The number of rotatable bonds is 4. The van der Waals surface area contributed by atoms with Crippen LogP contribution in [0.15, 0.2) is 59.1 Å². The Morgan fingerprint density at radius 3 is 2.62 bits per heavy atom. The summed E-state index contributed by atoms with van der Waals surface area (Å²) in [4.78, 5) is 12.1. The molecule has 6 heteroatoms. The predicted octanol–water partition coefficient (Wildman–Crippen LogP) is 4.39. The van der Waals surface area contributed by atoms with Crippen LogP contribution < -0.4 is 19.5 Å². The van der Waals surface area contributed by atoms with Crippen LogP contribution in [0.3, 0.4) is 0 Å². The van der Waals surface area contributed by atoms with E-state index in [1.807, 2.05) is 36.4 Å². The smallest absolute Gasteiger partial charge is 0.262 e. The summed E-state index contributed by atoms with van der Waals surface area (Å²) in [5.41, 5.74) is 0.645. The third-order valence-corrected chi connectivity index (χ3v) is 4.46. The molecule has 0 saturated heterocycles. The number of benzene rings is 3. The lowest BCUT2D eigenvalue weighted by Crippen LogP contribution is -2.20. The molecule has 1 heterocycles. The average molecular weight is 414 g/mol. The molecule has 3 aromatic rings. The Balaban J connectivity index is 1.38. The van der Waals surface area contributed by atoms with Gasteiger partial charge in [-0.2, -0.15) is 0 Å². The molecule has 1 aliphatic heterocycles. The Morgan fingerprint density at radius 1 is 0.962 bits per heavy atom. The summed E-state index contributed by atoms with van der Waals surface area (Å²) in [5.74, 6) is 1.73. The number of halogens is 1. The number of hydrogen-bond acceptors (Lipinski definition) is 4. The highest BCUT2D eigenvalue weighted by Crippen LogP contribution is 2.32. The van der Waals surface area contributed by atoms with Crippen LogP contribution in [0.4, 0.5) is 5.69 Å². The molecule has 0 bridgehead atoms. The van der Waals surface area contributed by atoms with Crippen molar-refractivity contribution in [1.82, 2.24) is 0 Å². The van der Waals surface area contributed by atoms with Gasteiger partial charge in [-0.15, -0.1) is 0 Å². The molecular weight excluding hydrogens is 398 g/mol. The van der Waals surface area contributed by atoms with E-state index in [2.05, 4.69) is 21.2 Å². The standard InChI is InChI=1S/C20H16BrNO4/c21-15-3-1-14-10-17(5-2-13(14)9-15)26-12-20(23)22-16-4-6-18-19(11-16)25-8-7-24-18/h1-6,9-11H,7-8,12H2,(H,22,23). The van der Waals surface area contributed by atoms with Crippen molar-refractivity contribution >= 4 is 38.3 Å². The Kier molecular flexibility index (Phi) is 4.67. The quantitative estimate of drug-likeness (QED) is 0.688. The van der Waals surface area contributed by atoms with Crippen molar-refractivity contribution in [3.63, 3.8) is 0 Å². The lowest BCUT2D eigenvalue weighted by atomic mass is 10.1. The maximum absolute atomic E-state index is 12.1. The molecule has 1 aliphatic rings. The van der Waals surface area contributed by atoms with Gasteiger partial charge >= 0.3 is 0 Å². The summed E-state index contributed by atoms with van der Waals surface area (Å²) in [6.45, 7) is 0.970. The molecular formula is C20H16BrNO4. The molecule has 3 aromatic carbocycles. The van der Waals surface area contributed by atoms with Crippen LogP contribution in [-0.4, -0.2) is 25.7 Å². The third kappa shape index (κ3) is 3.75. The van der Waals surface area contributed by atoms with Crippen molar-refractivity contribution in [2.45, 2.75) is 0 Å². The van der Waals surface area contributed by atoms with E-state index in [0.29, 0.717) is 36.1 Å². The first-order valence-corrected chi connectivity index (χ1v) is 8.98.